The van der Waals surface area contributed by atoms with E-state index in [0.717, 1.165) is 32.5 Å². The van der Waals surface area contributed by atoms with E-state index in [1.165, 1.54) is 19.4 Å². The van der Waals surface area contributed by atoms with E-state index >= 15 is 0 Å². The number of hydrogen-bond donors (Lipinski definition) is 2. The first-order valence-corrected chi connectivity index (χ1v) is 8.11. The summed E-state index contributed by atoms with van der Waals surface area (Å²) in [6.45, 7) is 8.00. The molecule has 3 atom stereocenters. The van der Waals surface area contributed by atoms with Gasteiger partial charge in [-0.3, -0.25) is 4.90 Å². The third kappa shape index (κ3) is 5.30. The molecule has 2 aliphatic heterocycles. The lowest BCUT2D eigenvalue weighted by Gasteiger charge is -2.23. The number of ether oxygens (including phenoxy) is 2. The predicted octanol–water partition coefficient (Wildman–Crippen LogP) is 0.617. The van der Waals surface area contributed by atoms with E-state index in [4.69, 9.17) is 9.47 Å². The SMILES string of the molecule is CCN1CCC[C@@H]1CNC[C@H](O)COC[C@@H]1CCCO1. The Hall–Kier alpha value is -0.200. The second-order valence-corrected chi connectivity index (χ2v) is 5.91. The highest BCUT2D eigenvalue weighted by atomic mass is 16.5. The second kappa shape index (κ2) is 8.95. The Labute approximate surface area is 122 Å². The van der Waals surface area contributed by atoms with Crippen LogP contribution >= 0.6 is 0 Å². The molecule has 20 heavy (non-hydrogen) atoms. The van der Waals surface area contributed by atoms with Gasteiger partial charge in [-0.05, 0) is 38.8 Å². The summed E-state index contributed by atoms with van der Waals surface area (Å²) >= 11 is 0. The summed E-state index contributed by atoms with van der Waals surface area (Å²) in [5.41, 5.74) is 0. The minimum absolute atomic E-state index is 0.242. The fourth-order valence-corrected chi connectivity index (χ4v) is 3.13. The highest BCUT2D eigenvalue weighted by Crippen LogP contribution is 2.15. The number of aliphatic hydroxyl groups is 1. The normalized spacial score (nSPS) is 29.1. The number of likely N-dealkylation sites (N-methyl/N-ethyl adjacent to an activating group) is 1. The first-order valence-electron chi connectivity index (χ1n) is 8.11. The number of nitrogens with one attached hydrogen (secondary N) is 1. The molecule has 5 nitrogen and oxygen atoms in total. The second-order valence-electron chi connectivity index (χ2n) is 5.91. The van der Waals surface area contributed by atoms with Crippen LogP contribution in [-0.4, -0.2) is 74.3 Å². The molecule has 5 heteroatoms. The molecular weight excluding hydrogens is 256 g/mol. The monoisotopic (exact) mass is 286 g/mol. The Morgan fingerprint density at radius 2 is 2.30 bits per heavy atom. The zero-order valence-corrected chi connectivity index (χ0v) is 12.7. The van der Waals surface area contributed by atoms with E-state index in [0.29, 0.717) is 25.8 Å². The van der Waals surface area contributed by atoms with Gasteiger partial charge in [-0.25, -0.2) is 0 Å². The van der Waals surface area contributed by atoms with Gasteiger partial charge < -0.3 is 19.9 Å². The molecule has 0 aliphatic carbocycles. The molecule has 0 radical (unpaired) electrons. The van der Waals surface area contributed by atoms with Crippen molar-refractivity contribution in [1.29, 1.82) is 0 Å². The van der Waals surface area contributed by atoms with E-state index < -0.39 is 6.10 Å². The Kier molecular flexibility index (Phi) is 7.24. The Morgan fingerprint density at radius 3 is 3.05 bits per heavy atom. The van der Waals surface area contributed by atoms with Crippen LogP contribution in [0.3, 0.4) is 0 Å². The lowest BCUT2D eigenvalue weighted by molar-refractivity contribution is -0.0166. The number of aliphatic hydroxyl groups excluding tert-OH is 1. The van der Waals surface area contributed by atoms with Crippen molar-refractivity contribution in [3.63, 3.8) is 0 Å². The molecule has 2 N–H and O–H groups in total. The lowest BCUT2D eigenvalue weighted by Crippen LogP contribution is -2.41. The van der Waals surface area contributed by atoms with Crippen LogP contribution in [0.1, 0.15) is 32.6 Å². The van der Waals surface area contributed by atoms with Crippen LogP contribution in [0.2, 0.25) is 0 Å². The molecule has 0 bridgehead atoms. The Morgan fingerprint density at radius 1 is 1.40 bits per heavy atom. The Balaban J connectivity index is 1.48. The van der Waals surface area contributed by atoms with Gasteiger partial charge in [-0.2, -0.15) is 0 Å². The van der Waals surface area contributed by atoms with Gasteiger partial charge in [0.1, 0.15) is 0 Å². The molecule has 118 valence electrons. The average Bonchev–Trinajstić information content (AvgIpc) is 3.09. The van der Waals surface area contributed by atoms with Crippen LogP contribution in [0.15, 0.2) is 0 Å². The number of likely N-dealkylation sites (tertiary alicyclic amines) is 1. The minimum Gasteiger partial charge on any atom is -0.389 e. The molecule has 2 heterocycles. The molecule has 0 aromatic heterocycles. The summed E-state index contributed by atoms with van der Waals surface area (Å²) in [5.74, 6) is 0. The maximum absolute atomic E-state index is 9.88. The van der Waals surface area contributed by atoms with E-state index in [2.05, 4.69) is 17.1 Å². The van der Waals surface area contributed by atoms with Crippen LogP contribution < -0.4 is 5.32 Å². The summed E-state index contributed by atoms with van der Waals surface area (Å²) in [5, 5.41) is 13.2. The fourth-order valence-electron chi connectivity index (χ4n) is 3.13. The topological polar surface area (TPSA) is 54.0 Å². The molecule has 0 aromatic carbocycles. The third-order valence-corrected chi connectivity index (χ3v) is 4.30. The van der Waals surface area contributed by atoms with Crippen molar-refractivity contribution in [2.24, 2.45) is 0 Å². The molecular formula is C15H30N2O3. The fraction of sp³-hybridized carbons (Fsp3) is 1.00. The molecule has 2 rings (SSSR count). The molecule has 0 unspecified atom stereocenters. The van der Waals surface area contributed by atoms with Crippen molar-refractivity contribution in [2.75, 3.05) is 46.0 Å². The summed E-state index contributed by atoms with van der Waals surface area (Å²) in [7, 11) is 0. The van der Waals surface area contributed by atoms with Gasteiger partial charge in [-0.1, -0.05) is 6.92 Å². The van der Waals surface area contributed by atoms with Crippen LogP contribution in [0, 0.1) is 0 Å². The van der Waals surface area contributed by atoms with Gasteiger partial charge in [0.05, 0.1) is 25.4 Å². The van der Waals surface area contributed by atoms with Gasteiger partial charge in [-0.15, -0.1) is 0 Å². The standard InChI is InChI=1S/C15H30N2O3/c1-2-17-7-3-5-13(17)9-16-10-14(18)11-19-12-15-6-4-8-20-15/h13-16,18H,2-12H2,1H3/t13-,14+,15+/m1/s1. The van der Waals surface area contributed by atoms with Crippen molar-refractivity contribution < 1.29 is 14.6 Å². The molecule has 2 fully saturated rings. The highest BCUT2D eigenvalue weighted by Gasteiger charge is 2.22. The molecule has 0 amide bonds. The first-order chi connectivity index (χ1) is 9.79. The van der Waals surface area contributed by atoms with E-state index in [1.54, 1.807) is 0 Å². The quantitative estimate of drug-likeness (QED) is 0.651. The molecule has 0 spiro atoms. The number of rotatable bonds is 9. The van der Waals surface area contributed by atoms with Crippen molar-refractivity contribution in [3.05, 3.63) is 0 Å². The maximum Gasteiger partial charge on any atom is 0.0897 e. The van der Waals surface area contributed by atoms with Crippen LogP contribution in [0.5, 0.6) is 0 Å². The van der Waals surface area contributed by atoms with Gasteiger partial charge in [0.15, 0.2) is 0 Å². The van der Waals surface area contributed by atoms with E-state index in [-0.39, 0.29) is 6.10 Å². The summed E-state index contributed by atoms with van der Waals surface area (Å²) < 4.78 is 11.0. The molecule has 0 aromatic rings. The molecule has 2 aliphatic rings. The predicted molar refractivity (Wildman–Crippen MR) is 78.9 cm³/mol. The van der Waals surface area contributed by atoms with Gasteiger partial charge >= 0.3 is 0 Å². The van der Waals surface area contributed by atoms with Crippen molar-refractivity contribution in [1.82, 2.24) is 10.2 Å². The number of nitrogens with zero attached hydrogens (tertiary/aromatic N) is 1. The smallest absolute Gasteiger partial charge is 0.0897 e. The van der Waals surface area contributed by atoms with Crippen molar-refractivity contribution in [3.8, 4) is 0 Å². The Bertz CT molecular complexity index is 260. The third-order valence-electron chi connectivity index (χ3n) is 4.30. The number of hydrogen-bond acceptors (Lipinski definition) is 5. The molecule has 0 saturated carbocycles. The summed E-state index contributed by atoms with van der Waals surface area (Å²) in [6.07, 6.45) is 4.61. The zero-order chi connectivity index (χ0) is 14.2. The van der Waals surface area contributed by atoms with Crippen molar-refractivity contribution in [2.45, 2.75) is 50.9 Å². The van der Waals surface area contributed by atoms with Crippen LogP contribution in [0.25, 0.3) is 0 Å². The van der Waals surface area contributed by atoms with Crippen LogP contribution in [0.4, 0.5) is 0 Å². The van der Waals surface area contributed by atoms with E-state index in [1.807, 2.05) is 0 Å². The van der Waals surface area contributed by atoms with Gasteiger partial charge in [0.25, 0.3) is 0 Å². The average molecular weight is 286 g/mol. The summed E-state index contributed by atoms with van der Waals surface area (Å²) in [6, 6.07) is 0.639. The highest BCUT2D eigenvalue weighted by molar-refractivity contribution is 4.80. The van der Waals surface area contributed by atoms with E-state index in [9.17, 15) is 5.11 Å². The summed E-state index contributed by atoms with van der Waals surface area (Å²) in [4.78, 5) is 2.51. The lowest BCUT2D eigenvalue weighted by atomic mass is 10.2. The first kappa shape index (κ1) is 16.2. The van der Waals surface area contributed by atoms with Gasteiger partial charge in [0, 0.05) is 25.7 Å². The zero-order valence-electron chi connectivity index (χ0n) is 12.7. The minimum atomic E-state index is -0.423. The largest absolute Gasteiger partial charge is 0.389 e. The van der Waals surface area contributed by atoms with Gasteiger partial charge in [0.2, 0.25) is 0 Å². The molecule has 2 saturated heterocycles. The van der Waals surface area contributed by atoms with Crippen molar-refractivity contribution >= 4 is 0 Å². The maximum atomic E-state index is 9.88. The van der Waals surface area contributed by atoms with Crippen LogP contribution in [-0.2, 0) is 9.47 Å².